The zero-order chi connectivity index (χ0) is 12.7. The first-order valence-corrected chi connectivity index (χ1v) is 6.12. The standard InChI is InChI=1S/C14H17ClFN/c1-3-5-6-13(17-4-2)9-11-7-8-12(16)10-14(11)15/h7-8,10,13,17H,4,6,9H2,1-2H3. The lowest BCUT2D eigenvalue weighted by atomic mass is 10.0. The monoisotopic (exact) mass is 253 g/mol. The predicted octanol–water partition coefficient (Wildman–Crippen LogP) is 3.41. The van der Waals surface area contributed by atoms with Gasteiger partial charge in [-0.2, -0.15) is 0 Å². The maximum atomic E-state index is 12.9. The Balaban J connectivity index is 2.73. The minimum atomic E-state index is -0.299. The molecule has 1 unspecified atom stereocenters. The van der Waals surface area contributed by atoms with Crippen molar-refractivity contribution in [2.45, 2.75) is 32.7 Å². The van der Waals surface area contributed by atoms with E-state index in [1.165, 1.54) is 12.1 Å². The zero-order valence-corrected chi connectivity index (χ0v) is 10.9. The van der Waals surface area contributed by atoms with Gasteiger partial charge in [-0.1, -0.05) is 24.6 Å². The Morgan fingerprint density at radius 1 is 1.47 bits per heavy atom. The van der Waals surface area contributed by atoms with Crippen LogP contribution in [0.15, 0.2) is 18.2 Å². The Bertz CT molecular complexity index is 420. The first-order chi connectivity index (χ1) is 8.17. The maximum absolute atomic E-state index is 12.9. The third-order valence-electron chi connectivity index (χ3n) is 2.50. The Labute approximate surface area is 107 Å². The summed E-state index contributed by atoms with van der Waals surface area (Å²) in [5.41, 5.74) is 0.955. The topological polar surface area (TPSA) is 12.0 Å². The molecule has 0 bridgehead atoms. The molecule has 0 spiro atoms. The number of benzene rings is 1. The summed E-state index contributed by atoms with van der Waals surface area (Å²) < 4.78 is 12.9. The van der Waals surface area contributed by atoms with Crippen molar-refractivity contribution in [3.05, 3.63) is 34.6 Å². The third-order valence-corrected chi connectivity index (χ3v) is 2.85. The summed E-state index contributed by atoms with van der Waals surface area (Å²) in [6.45, 7) is 4.77. The van der Waals surface area contributed by atoms with Crippen molar-refractivity contribution in [3.63, 3.8) is 0 Å². The molecule has 0 aliphatic heterocycles. The van der Waals surface area contributed by atoms with Gasteiger partial charge in [-0.3, -0.25) is 0 Å². The number of rotatable bonds is 5. The van der Waals surface area contributed by atoms with E-state index in [-0.39, 0.29) is 11.9 Å². The van der Waals surface area contributed by atoms with Crippen LogP contribution in [0.1, 0.15) is 25.8 Å². The van der Waals surface area contributed by atoms with Gasteiger partial charge in [-0.25, -0.2) is 4.39 Å². The molecule has 1 aromatic rings. The highest BCUT2D eigenvalue weighted by Gasteiger charge is 2.10. The summed E-state index contributed by atoms with van der Waals surface area (Å²) in [4.78, 5) is 0. The predicted molar refractivity (Wildman–Crippen MR) is 70.6 cm³/mol. The first kappa shape index (κ1) is 14.0. The lowest BCUT2D eigenvalue weighted by Gasteiger charge is -2.16. The summed E-state index contributed by atoms with van der Waals surface area (Å²) in [6.07, 6.45) is 1.54. The van der Waals surface area contributed by atoms with Crippen molar-refractivity contribution < 1.29 is 4.39 Å². The molecule has 1 atom stereocenters. The van der Waals surface area contributed by atoms with Crippen molar-refractivity contribution in [2.24, 2.45) is 0 Å². The van der Waals surface area contributed by atoms with Gasteiger partial charge < -0.3 is 5.32 Å². The SMILES string of the molecule is CC#CCC(Cc1ccc(F)cc1Cl)NCC. The highest BCUT2D eigenvalue weighted by molar-refractivity contribution is 6.31. The molecule has 0 fully saturated rings. The van der Waals surface area contributed by atoms with Crippen molar-refractivity contribution in [1.29, 1.82) is 0 Å². The van der Waals surface area contributed by atoms with Crippen LogP contribution in [0.4, 0.5) is 4.39 Å². The average Bonchev–Trinajstić information content (AvgIpc) is 2.29. The Morgan fingerprint density at radius 2 is 2.24 bits per heavy atom. The number of halogens is 2. The highest BCUT2D eigenvalue weighted by atomic mass is 35.5. The molecular weight excluding hydrogens is 237 g/mol. The van der Waals surface area contributed by atoms with Gasteiger partial charge in [0.2, 0.25) is 0 Å². The molecule has 1 N–H and O–H groups in total. The van der Waals surface area contributed by atoms with Crippen molar-refractivity contribution in [1.82, 2.24) is 5.32 Å². The molecule has 0 amide bonds. The van der Waals surface area contributed by atoms with Gasteiger partial charge in [0, 0.05) is 17.5 Å². The van der Waals surface area contributed by atoms with Gasteiger partial charge in [0.15, 0.2) is 0 Å². The van der Waals surface area contributed by atoms with E-state index in [2.05, 4.69) is 24.1 Å². The van der Waals surface area contributed by atoms with Gasteiger partial charge in [-0.15, -0.1) is 11.8 Å². The fraction of sp³-hybridized carbons (Fsp3) is 0.429. The van der Waals surface area contributed by atoms with E-state index >= 15 is 0 Å². The van der Waals surface area contributed by atoms with E-state index in [0.717, 1.165) is 24.9 Å². The lowest BCUT2D eigenvalue weighted by molar-refractivity contribution is 0.534. The van der Waals surface area contributed by atoms with Crippen LogP contribution in [-0.2, 0) is 6.42 Å². The van der Waals surface area contributed by atoms with Crippen LogP contribution in [0.3, 0.4) is 0 Å². The quantitative estimate of drug-likeness (QED) is 0.793. The fourth-order valence-electron chi connectivity index (χ4n) is 1.68. The minimum Gasteiger partial charge on any atom is -0.313 e. The second-order valence-corrected chi connectivity index (χ2v) is 4.23. The van der Waals surface area contributed by atoms with Crippen LogP contribution in [0.25, 0.3) is 0 Å². The molecule has 17 heavy (non-hydrogen) atoms. The van der Waals surface area contributed by atoms with E-state index in [9.17, 15) is 4.39 Å². The fourth-order valence-corrected chi connectivity index (χ4v) is 1.93. The Morgan fingerprint density at radius 3 is 2.82 bits per heavy atom. The number of hydrogen-bond donors (Lipinski definition) is 1. The van der Waals surface area contributed by atoms with Gasteiger partial charge in [0.05, 0.1) is 0 Å². The van der Waals surface area contributed by atoms with Crippen molar-refractivity contribution >= 4 is 11.6 Å². The molecule has 1 rings (SSSR count). The second kappa shape index (κ2) is 7.32. The van der Waals surface area contributed by atoms with E-state index in [1.807, 2.05) is 6.92 Å². The molecular formula is C14H17ClFN. The van der Waals surface area contributed by atoms with Crippen LogP contribution in [-0.4, -0.2) is 12.6 Å². The minimum absolute atomic E-state index is 0.260. The van der Waals surface area contributed by atoms with E-state index in [1.54, 1.807) is 6.07 Å². The summed E-state index contributed by atoms with van der Waals surface area (Å²) >= 11 is 6.00. The molecule has 0 saturated carbocycles. The molecule has 0 radical (unpaired) electrons. The molecule has 0 saturated heterocycles. The van der Waals surface area contributed by atoms with Crippen LogP contribution in [0.5, 0.6) is 0 Å². The zero-order valence-electron chi connectivity index (χ0n) is 10.2. The third kappa shape index (κ3) is 4.77. The summed E-state index contributed by atoms with van der Waals surface area (Å²) in [7, 11) is 0. The molecule has 1 nitrogen and oxygen atoms in total. The molecule has 0 heterocycles. The van der Waals surface area contributed by atoms with Crippen LogP contribution < -0.4 is 5.32 Å². The van der Waals surface area contributed by atoms with E-state index in [0.29, 0.717) is 5.02 Å². The maximum Gasteiger partial charge on any atom is 0.124 e. The first-order valence-electron chi connectivity index (χ1n) is 5.74. The molecule has 3 heteroatoms. The highest BCUT2D eigenvalue weighted by Crippen LogP contribution is 2.19. The van der Waals surface area contributed by atoms with Gasteiger partial charge in [-0.05, 0) is 37.6 Å². The average molecular weight is 254 g/mol. The number of likely N-dealkylation sites (N-methyl/N-ethyl adjacent to an activating group) is 1. The van der Waals surface area contributed by atoms with Gasteiger partial charge in [0.25, 0.3) is 0 Å². The normalized spacial score (nSPS) is 11.8. The summed E-state index contributed by atoms with van der Waals surface area (Å²) in [6, 6.07) is 4.79. The van der Waals surface area contributed by atoms with Crippen LogP contribution in [0.2, 0.25) is 5.02 Å². The largest absolute Gasteiger partial charge is 0.313 e. The molecule has 1 aromatic carbocycles. The second-order valence-electron chi connectivity index (χ2n) is 3.83. The van der Waals surface area contributed by atoms with Crippen LogP contribution >= 0.6 is 11.6 Å². The Hall–Kier alpha value is -1.04. The van der Waals surface area contributed by atoms with Crippen molar-refractivity contribution in [3.8, 4) is 11.8 Å². The molecule has 92 valence electrons. The molecule has 0 aliphatic rings. The molecule has 0 aromatic heterocycles. The number of hydrogen-bond acceptors (Lipinski definition) is 1. The van der Waals surface area contributed by atoms with Gasteiger partial charge >= 0.3 is 0 Å². The summed E-state index contributed by atoms with van der Waals surface area (Å²) in [5.74, 6) is 5.64. The van der Waals surface area contributed by atoms with E-state index < -0.39 is 0 Å². The van der Waals surface area contributed by atoms with Gasteiger partial charge in [0.1, 0.15) is 5.82 Å². The number of nitrogens with one attached hydrogen (secondary N) is 1. The van der Waals surface area contributed by atoms with Crippen LogP contribution in [0, 0.1) is 17.7 Å². The Kier molecular flexibility index (Phi) is 6.04. The molecule has 0 aliphatic carbocycles. The lowest BCUT2D eigenvalue weighted by Crippen LogP contribution is -2.30. The smallest absolute Gasteiger partial charge is 0.124 e. The van der Waals surface area contributed by atoms with Crippen molar-refractivity contribution in [2.75, 3.05) is 6.54 Å². The van der Waals surface area contributed by atoms with E-state index in [4.69, 9.17) is 11.6 Å². The summed E-state index contributed by atoms with van der Waals surface area (Å²) in [5, 5.41) is 3.84.